The van der Waals surface area contributed by atoms with E-state index in [1.807, 2.05) is 11.7 Å². The van der Waals surface area contributed by atoms with Crippen molar-refractivity contribution in [2.24, 2.45) is 0 Å². The number of hydrogen-bond donors (Lipinski definition) is 1. The van der Waals surface area contributed by atoms with Gasteiger partial charge in [-0.3, -0.25) is 4.68 Å². The first-order valence-electron chi connectivity index (χ1n) is 4.45. The average molecular weight is 167 g/mol. The third kappa shape index (κ3) is 2.08. The zero-order valence-electron chi connectivity index (χ0n) is 8.09. The minimum atomic E-state index is 0.912. The molecule has 0 aliphatic carbocycles. The molecule has 0 amide bonds. The molecule has 0 aliphatic rings. The van der Waals surface area contributed by atoms with Crippen molar-refractivity contribution in [3.63, 3.8) is 0 Å². The van der Waals surface area contributed by atoms with Crippen molar-refractivity contribution < 1.29 is 0 Å². The average Bonchev–Trinajstić information content (AvgIpc) is 2.34. The standard InChI is InChI=1S/C9H17N3/c1-4-5-12-7-9(6-10-3)8(2)11-12/h7,10H,4-6H2,1-3H3. The van der Waals surface area contributed by atoms with E-state index in [0.29, 0.717) is 0 Å². The molecule has 0 saturated heterocycles. The number of nitrogens with zero attached hydrogens (tertiary/aromatic N) is 2. The van der Waals surface area contributed by atoms with Gasteiger partial charge in [-0.05, 0) is 20.4 Å². The van der Waals surface area contributed by atoms with Crippen LogP contribution >= 0.6 is 0 Å². The maximum absolute atomic E-state index is 4.40. The SMILES string of the molecule is CCCn1cc(CNC)c(C)n1. The second-order valence-corrected chi connectivity index (χ2v) is 3.03. The molecule has 0 fully saturated rings. The molecule has 0 spiro atoms. The third-order valence-electron chi connectivity index (χ3n) is 1.87. The van der Waals surface area contributed by atoms with E-state index in [9.17, 15) is 0 Å². The van der Waals surface area contributed by atoms with E-state index in [2.05, 4.69) is 30.5 Å². The highest BCUT2D eigenvalue weighted by molar-refractivity contribution is 5.14. The minimum Gasteiger partial charge on any atom is -0.316 e. The van der Waals surface area contributed by atoms with Gasteiger partial charge < -0.3 is 5.32 Å². The van der Waals surface area contributed by atoms with Crippen LogP contribution in [-0.2, 0) is 13.1 Å². The largest absolute Gasteiger partial charge is 0.316 e. The molecular formula is C9H17N3. The molecule has 68 valence electrons. The van der Waals surface area contributed by atoms with E-state index in [1.54, 1.807) is 0 Å². The molecule has 1 heterocycles. The predicted molar refractivity (Wildman–Crippen MR) is 50.0 cm³/mol. The van der Waals surface area contributed by atoms with Gasteiger partial charge in [0.1, 0.15) is 0 Å². The van der Waals surface area contributed by atoms with Crippen LogP contribution in [0.25, 0.3) is 0 Å². The first kappa shape index (κ1) is 9.26. The molecule has 3 heteroatoms. The van der Waals surface area contributed by atoms with Crippen LogP contribution in [0.15, 0.2) is 6.20 Å². The monoisotopic (exact) mass is 167 g/mol. The lowest BCUT2D eigenvalue weighted by atomic mass is 10.3. The van der Waals surface area contributed by atoms with E-state index < -0.39 is 0 Å². The van der Waals surface area contributed by atoms with E-state index in [0.717, 1.165) is 25.2 Å². The lowest BCUT2D eigenvalue weighted by Crippen LogP contribution is -2.05. The number of aryl methyl sites for hydroxylation is 2. The Morgan fingerprint density at radius 1 is 1.58 bits per heavy atom. The summed E-state index contributed by atoms with van der Waals surface area (Å²) in [5, 5.41) is 7.52. The van der Waals surface area contributed by atoms with Crippen LogP contribution in [0.4, 0.5) is 0 Å². The summed E-state index contributed by atoms with van der Waals surface area (Å²) in [4.78, 5) is 0. The minimum absolute atomic E-state index is 0.912. The highest BCUT2D eigenvalue weighted by Crippen LogP contribution is 2.05. The van der Waals surface area contributed by atoms with Crippen molar-refractivity contribution in [3.8, 4) is 0 Å². The van der Waals surface area contributed by atoms with E-state index in [4.69, 9.17) is 0 Å². The quantitative estimate of drug-likeness (QED) is 0.733. The van der Waals surface area contributed by atoms with Gasteiger partial charge in [0.2, 0.25) is 0 Å². The molecule has 0 aromatic carbocycles. The van der Waals surface area contributed by atoms with Crippen molar-refractivity contribution in [1.82, 2.24) is 15.1 Å². The molecule has 0 aliphatic heterocycles. The second-order valence-electron chi connectivity index (χ2n) is 3.03. The highest BCUT2D eigenvalue weighted by Gasteiger charge is 2.01. The molecule has 0 atom stereocenters. The van der Waals surface area contributed by atoms with Crippen molar-refractivity contribution in [2.75, 3.05) is 7.05 Å². The fraction of sp³-hybridized carbons (Fsp3) is 0.667. The molecular weight excluding hydrogens is 150 g/mol. The van der Waals surface area contributed by atoms with Gasteiger partial charge in [0.15, 0.2) is 0 Å². The van der Waals surface area contributed by atoms with Crippen LogP contribution in [0.5, 0.6) is 0 Å². The molecule has 12 heavy (non-hydrogen) atoms. The highest BCUT2D eigenvalue weighted by atomic mass is 15.3. The van der Waals surface area contributed by atoms with E-state index in [1.165, 1.54) is 5.56 Å². The zero-order chi connectivity index (χ0) is 8.97. The van der Waals surface area contributed by atoms with Gasteiger partial charge in [0.25, 0.3) is 0 Å². The maximum atomic E-state index is 4.40. The summed E-state index contributed by atoms with van der Waals surface area (Å²) in [5.74, 6) is 0. The molecule has 1 aromatic heterocycles. The fourth-order valence-corrected chi connectivity index (χ4v) is 1.27. The second kappa shape index (κ2) is 4.26. The normalized spacial score (nSPS) is 10.6. The summed E-state index contributed by atoms with van der Waals surface area (Å²) >= 11 is 0. The maximum Gasteiger partial charge on any atom is 0.0638 e. The predicted octanol–water partition coefficient (Wildman–Crippen LogP) is 1.32. The Morgan fingerprint density at radius 3 is 2.92 bits per heavy atom. The molecule has 3 nitrogen and oxygen atoms in total. The molecule has 0 radical (unpaired) electrons. The molecule has 0 unspecified atom stereocenters. The van der Waals surface area contributed by atoms with E-state index in [-0.39, 0.29) is 0 Å². The van der Waals surface area contributed by atoms with Crippen molar-refractivity contribution >= 4 is 0 Å². The van der Waals surface area contributed by atoms with Gasteiger partial charge in [-0.15, -0.1) is 0 Å². The Labute approximate surface area is 73.8 Å². The fourth-order valence-electron chi connectivity index (χ4n) is 1.27. The van der Waals surface area contributed by atoms with Gasteiger partial charge in [-0.2, -0.15) is 5.10 Å². The molecule has 1 rings (SSSR count). The van der Waals surface area contributed by atoms with E-state index >= 15 is 0 Å². The summed E-state index contributed by atoms with van der Waals surface area (Å²) in [6.45, 7) is 6.15. The molecule has 1 N–H and O–H groups in total. The van der Waals surface area contributed by atoms with Crippen LogP contribution in [0.2, 0.25) is 0 Å². The Bertz CT molecular complexity index is 240. The summed E-state index contributed by atoms with van der Waals surface area (Å²) in [7, 11) is 1.95. The molecule has 1 aromatic rings. The zero-order valence-corrected chi connectivity index (χ0v) is 8.09. The summed E-state index contributed by atoms with van der Waals surface area (Å²) < 4.78 is 2.02. The van der Waals surface area contributed by atoms with Crippen LogP contribution in [0.3, 0.4) is 0 Å². The van der Waals surface area contributed by atoms with Gasteiger partial charge in [0.05, 0.1) is 5.69 Å². The Hall–Kier alpha value is -0.830. The Morgan fingerprint density at radius 2 is 2.33 bits per heavy atom. The number of aromatic nitrogens is 2. The number of hydrogen-bond acceptors (Lipinski definition) is 2. The van der Waals surface area contributed by atoms with Crippen molar-refractivity contribution in [1.29, 1.82) is 0 Å². The van der Waals surface area contributed by atoms with Gasteiger partial charge >= 0.3 is 0 Å². The number of rotatable bonds is 4. The Balaban J connectivity index is 2.70. The van der Waals surface area contributed by atoms with Crippen molar-refractivity contribution in [2.45, 2.75) is 33.4 Å². The molecule has 0 saturated carbocycles. The molecule has 0 bridgehead atoms. The van der Waals surface area contributed by atoms with Crippen LogP contribution in [0, 0.1) is 6.92 Å². The topological polar surface area (TPSA) is 29.9 Å². The Kier molecular flexibility index (Phi) is 3.29. The van der Waals surface area contributed by atoms with Crippen molar-refractivity contribution in [3.05, 3.63) is 17.5 Å². The van der Waals surface area contributed by atoms with Crippen LogP contribution in [0.1, 0.15) is 24.6 Å². The summed E-state index contributed by atoms with van der Waals surface area (Å²) in [5.41, 5.74) is 2.43. The first-order valence-corrected chi connectivity index (χ1v) is 4.45. The third-order valence-corrected chi connectivity index (χ3v) is 1.87. The van der Waals surface area contributed by atoms with Crippen LogP contribution in [-0.4, -0.2) is 16.8 Å². The summed E-state index contributed by atoms with van der Waals surface area (Å²) in [6, 6.07) is 0. The van der Waals surface area contributed by atoms with Crippen LogP contribution < -0.4 is 5.32 Å². The van der Waals surface area contributed by atoms with Gasteiger partial charge in [0, 0.05) is 24.8 Å². The lowest BCUT2D eigenvalue weighted by molar-refractivity contribution is 0.598. The summed E-state index contributed by atoms with van der Waals surface area (Å²) in [6.07, 6.45) is 3.26. The van der Waals surface area contributed by atoms with Gasteiger partial charge in [-0.1, -0.05) is 6.92 Å². The smallest absolute Gasteiger partial charge is 0.0638 e. The number of nitrogens with one attached hydrogen (secondary N) is 1. The van der Waals surface area contributed by atoms with Gasteiger partial charge in [-0.25, -0.2) is 0 Å². The first-order chi connectivity index (χ1) is 5.77. The lowest BCUT2D eigenvalue weighted by Gasteiger charge is -1.95.